The lowest BCUT2D eigenvalue weighted by atomic mass is 9.86. The first kappa shape index (κ1) is 13.6. The number of sulfonamides is 1. The van der Waals surface area contributed by atoms with E-state index in [2.05, 4.69) is 10.0 Å². The van der Waals surface area contributed by atoms with Gasteiger partial charge in [-0.25, -0.2) is 13.1 Å². The Bertz CT molecular complexity index is 503. The minimum absolute atomic E-state index is 0.257. The minimum Gasteiger partial charge on any atom is -0.464 e. The average molecular weight is 272 g/mol. The van der Waals surface area contributed by atoms with Gasteiger partial charge in [-0.2, -0.15) is 0 Å². The molecule has 0 aromatic carbocycles. The van der Waals surface area contributed by atoms with Crippen molar-refractivity contribution in [2.75, 3.05) is 13.6 Å². The van der Waals surface area contributed by atoms with Crippen LogP contribution in [0, 0.1) is 12.8 Å². The van der Waals surface area contributed by atoms with E-state index >= 15 is 0 Å². The van der Waals surface area contributed by atoms with E-state index in [-0.39, 0.29) is 4.90 Å². The molecule has 1 aliphatic rings. The van der Waals surface area contributed by atoms with E-state index in [0.29, 0.717) is 30.5 Å². The Morgan fingerprint density at radius 3 is 2.72 bits per heavy atom. The first-order valence-corrected chi connectivity index (χ1v) is 7.75. The van der Waals surface area contributed by atoms with Crippen LogP contribution in [-0.4, -0.2) is 22.0 Å². The molecule has 1 aromatic heterocycles. The smallest absolute Gasteiger partial charge is 0.244 e. The van der Waals surface area contributed by atoms with Crippen LogP contribution in [0.15, 0.2) is 15.4 Å². The first-order chi connectivity index (χ1) is 8.53. The highest BCUT2D eigenvalue weighted by molar-refractivity contribution is 7.89. The van der Waals surface area contributed by atoms with E-state index in [1.807, 2.05) is 0 Å². The molecule has 1 aromatic rings. The maximum atomic E-state index is 12.1. The van der Waals surface area contributed by atoms with E-state index in [1.54, 1.807) is 20.0 Å². The molecule has 5 nitrogen and oxygen atoms in total. The SMILES string of the molecule is CNCc1cc(S(=O)(=O)NCC2CCC2)c(C)o1. The van der Waals surface area contributed by atoms with E-state index in [4.69, 9.17) is 4.42 Å². The molecule has 0 aliphatic heterocycles. The Morgan fingerprint density at radius 1 is 1.44 bits per heavy atom. The quantitative estimate of drug-likeness (QED) is 0.821. The fourth-order valence-corrected chi connectivity index (χ4v) is 3.37. The van der Waals surface area contributed by atoms with Gasteiger partial charge in [0.05, 0.1) is 6.54 Å². The molecule has 6 heteroatoms. The molecule has 2 rings (SSSR count). The van der Waals surface area contributed by atoms with Crippen molar-refractivity contribution >= 4 is 10.0 Å². The maximum Gasteiger partial charge on any atom is 0.244 e. The van der Waals surface area contributed by atoms with Gasteiger partial charge >= 0.3 is 0 Å². The van der Waals surface area contributed by atoms with Crippen LogP contribution in [-0.2, 0) is 16.6 Å². The molecule has 0 unspecified atom stereocenters. The minimum atomic E-state index is -3.43. The normalized spacial score (nSPS) is 16.8. The molecule has 0 radical (unpaired) electrons. The molecule has 0 atom stereocenters. The molecule has 0 bridgehead atoms. The van der Waals surface area contributed by atoms with Crippen LogP contribution in [0.1, 0.15) is 30.8 Å². The molecular weight excluding hydrogens is 252 g/mol. The van der Waals surface area contributed by atoms with Gasteiger partial charge in [-0.15, -0.1) is 0 Å². The Hall–Kier alpha value is -0.850. The molecule has 1 aliphatic carbocycles. The highest BCUT2D eigenvalue weighted by Gasteiger charge is 2.24. The Balaban J connectivity index is 2.07. The third kappa shape index (κ3) is 2.93. The number of aryl methyl sites for hydroxylation is 1. The topological polar surface area (TPSA) is 71.3 Å². The molecule has 1 saturated carbocycles. The fourth-order valence-electron chi connectivity index (χ4n) is 2.05. The van der Waals surface area contributed by atoms with E-state index < -0.39 is 10.0 Å². The third-order valence-electron chi connectivity index (χ3n) is 3.35. The number of nitrogens with one attached hydrogen (secondary N) is 2. The highest BCUT2D eigenvalue weighted by Crippen LogP contribution is 2.26. The van der Waals surface area contributed by atoms with Crippen LogP contribution in [0.2, 0.25) is 0 Å². The van der Waals surface area contributed by atoms with Gasteiger partial charge in [-0.1, -0.05) is 6.42 Å². The second kappa shape index (κ2) is 5.42. The molecule has 18 heavy (non-hydrogen) atoms. The van der Waals surface area contributed by atoms with Crippen molar-refractivity contribution in [3.8, 4) is 0 Å². The van der Waals surface area contributed by atoms with Gasteiger partial charge in [-0.05, 0) is 32.7 Å². The van der Waals surface area contributed by atoms with Crippen molar-refractivity contribution in [2.24, 2.45) is 5.92 Å². The summed E-state index contributed by atoms with van der Waals surface area (Å²) in [6, 6.07) is 1.59. The first-order valence-electron chi connectivity index (χ1n) is 6.26. The molecule has 2 N–H and O–H groups in total. The maximum absolute atomic E-state index is 12.1. The number of hydrogen-bond acceptors (Lipinski definition) is 4. The van der Waals surface area contributed by atoms with Gasteiger partial charge in [0.1, 0.15) is 16.4 Å². The van der Waals surface area contributed by atoms with E-state index in [9.17, 15) is 8.42 Å². The van der Waals surface area contributed by atoms with Gasteiger partial charge in [0.15, 0.2) is 0 Å². The summed E-state index contributed by atoms with van der Waals surface area (Å²) >= 11 is 0. The molecule has 0 saturated heterocycles. The van der Waals surface area contributed by atoms with Gasteiger partial charge in [0, 0.05) is 12.6 Å². The van der Waals surface area contributed by atoms with E-state index in [1.165, 1.54) is 6.42 Å². The zero-order chi connectivity index (χ0) is 13.2. The molecular formula is C12H20N2O3S. The van der Waals surface area contributed by atoms with Crippen LogP contribution in [0.25, 0.3) is 0 Å². The summed E-state index contributed by atoms with van der Waals surface area (Å²) in [5.41, 5.74) is 0. The Morgan fingerprint density at radius 2 is 2.17 bits per heavy atom. The highest BCUT2D eigenvalue weighted by atomic mass is 32.2. The van der Waals surface area contributed by atoms with Crippen molar-refractivity contribution in [1.82, 2.24) is 10.0 Å². The summed E-state index contributed by atoms with van der Waals surface area (Å²) in [6.45, 7) is 2.74. The molecule has 102 valence electrons. The summed E-state index contributed by atoms with van der Waals surface area (Å²) in [6.07, 6.45) is 3.46. The van der Waals surface area contributed by atoms with Gasteiger partial charge < -0.3 is 9.73 Å². The van der Waals surface area contributed by atoms with Crippen LogP contribution in [0.4, 0.5) is 0 Å². The van der Waals surface area contributed by atoms with Crippen LogP contribution in [0.5, 0.6) is 0 Å². The summed E-state index contributed by atoms with van der Waals surface area (Å²) in [4.78, 5) is 0.257. The van der Waals surface area contributed by atoms with Crippen molar-refractivity contribution in [1.29, 1.82) is 0 Å². The standard InChI is InChI=1S/C12H20N2O3S/c1-9-12(6-11(17-9)8-13-2)18(15,16)14-7-10-4-3-5-10/h6,10,13-14H,3-5,7-8H2,1-2H3. The summed E-state index contributed by atoms with van der Waals surface area (Å²) in [5.74, 6) is 1.59. The molecule has 0 amide bonds. The average Bonchev–Trinajstić information content (AvgIpc) is 2.58. The van der Waals surface area contributed by atoms with Crippen LogP contribution in [0.3, 0.4) is 0 Å². The van der Waals surface area contributed by atoms with Crippen LogP contribution >= 0.6 is 0 Å². The van der Waals surface area contributed by atoms with E-state index in [0.717, 1.165) is 12.8 Å². The Labute approximate surface area is 108 Å². The fraction of sp³-hybridized carbons (Fsp3) is 0.667. The van der Waals surface area contributed by atoms with Gasteiger partial charge in [0.25, 0.3) is 0 Å². The molecule has 1 fully saturated rings. The largest absolute Gasteiger partial charge is 0.464 e. The van der Waals surface area contributed by atoms with Gasteiger partial charge in [0.2, 0.25) is 10.0 Å². The van der Waals surface area contributed by atoms with Crippen molar-refractivity contribution in [3.05, 3.63) is 17.6 Å². The zero-order valence-electron chi connectivity index (χ0n) is 10.8. The summed E-state index contributed by atoms with van der Waals surface area (Å²) < 4.78 is 32.3. The second-order valence-electron chi connectivity index (χ2n) is 4.81. The van der Waals surface area contributed by atoms with Gasteiger partial charge in [-0.3, -0.25) is 0 Å². The Kier molecular flexibility index (Phi) is 4.09. The van der Waals surface area contributed by atoms with Crippen molar-refractivity contribution < 1.29 is 12.8 Å². The monoisotopic (exact) mass is 272 g/mol. The summed E-state index contributed by atoms with van der Waals surface area (Å²) in [5, 5.41) is 2.94. The predicted molar refractivity (Wildman–Crippen MR) is 68.7 cm³/mol. The summed E-state index contributed by atoms with van der Waals surface area (Å²) in [7, 11) is -1.64. The lowest BCUT2D eigenvalue weighted by Crippen LogP contribution is -2.32. The second-order valence-corrected chi connectivity index (χ2v) is 6.55. The lowest BCUT2D eigenvalue weighted by Gasteiger charge is -2.25. The predicted octanol–water partition coefficient (Wildman–Crippen LogP) is 1.39. The lowest BCUT2D eigenvalue weighted by molar-refractivity contribution is 0.316. The zero-order valence-corrected chi connectivity index (χ0v) is 11.6. The van der Waals surface area contributed by atoms with Crippen LogP contribution < -0.4 is 10.0 Å². The molecule has 0 spiro atoms. The van der Waals surface area contributed by atoms with Crippen molar-refractivity contribution in [3.63, 3.8) is 0 Å². The third-order valence-corrected chi connectivity index (χ3v) is 4.88. The molecule has 1 heterocycles. The number of rotatable bonds is 6. The van der Waals surface area contributed by atoms with Crippen molar-refractivity contribution in [2.45, 2.75) is 37.6 Å². The number of hydrogen-bond donors (Lipinski definition) is 2. The number of furan rings is 1.